The lowest BCUT2D eigenvalue weighted by atomic mass is 9.91. The van der Waals surface area contributed by atoms with Crippen molar-refractivity contribution in [2.45, 2.75) is 51.2 Å². The predicted octanol–water partition coefficient (Wildman–Crippen LogP) is 1.58. The molecule has 1 aromatic carbocycles. The van der Waals surface area contributed by atoms with E-state index in [9.17, 15) is 19.2 Å². The van der Waals surface area contributed by atoms with Crippen molar-refractivity contribution in [2.75, 3.05) is 32.7 Å². The number of nitrogens with zero attached hydrogens (tertiary/aromatic N) is 2. The quantitative estimate of drug-likeness (QED) is 0.479. The summed E-state index contributed by atoms with van der Waals surface area (Å²) in [6.07, 6.45) is 3.94. The maximum atomic E-state index is 12.8. The molecule has 0 saturated carbocycles. The molecule has 2 fully saturated rings. The van der Waals surface area contributed by atoms with Crippen LogP contribution in [0.3, 0.4) is 0 Å². The number of aliphatic carboxylic acids is 1. The summed E-state index contributed by atoms with van der Waals surface area (Å²) in [5.41, 5.74) is 6.39. The number of benzene rings is 1. The topological polar surface area (TPSA) is 142 Å². The van der Waals surface area contributed by atoms with Crippen LogP contribution < -0.4 is 11.1 Å². The minimum atomic E-state index is -1.17. The Morgan fingerprint density at radius 1 is 1.06 bits per heavy atom. The number of carboxylic acid groups (broad SMARTS) is 1. The second-order valence-electron chi connectivity index (χ2n) is 9.38. The third-order valence-electron chi connectivity index (χ3n) is 6.80. The van der Waals surface area contributed by atoms with Crippen LogP contribution in [0.1, 0.15) is 44.1 Å². The first kappa shape index (κ1) is 26.5. The van der Waals surface area contributed by atoms with Gasteiger partial charge in [0, 0.05) is 39.1 Å². The lowest BCUT2D eigenvalue weighted by Crippen LogP contribution is -2.48. The van der Waals surface area contributed by atoms with Gasteiger partial charge in [0.05, 0.1) is 5.92 Å². The second-order valence-corrected chi connectivity index (χ2v) is 9.38. The fraction of sp³-hybridized carbons (Fsp3) is 0.600. The van der Waals surface area contributed by atoms with Crippen LogP contribution in [-0.4, -0.2) is 77.5 Å². The Bertz CT molecular complexity index is 872. The Balaban J connectivity index is 1.34. The predicted molar refractivity (Wildman–Crippen MR) is 128 cm³/mol. The van der Waals surface area contributed by atoms with Crippen molar-refractivity contribution < 1.29 is 29.0 Å². The van der Waals surface area contributed by atoms with Crippen molar-refractivity contribution >= 4 is 23.9 Å². The van der Waals surface area contributed by atoms with Crippen molar-refractivity contribution in [1.29, 1.82) is 0 Å². The number of nitrogens with one attached hydrogen (secondary N) is 1. The van der Waals surface area contributed by atoms with Crippen LogP contribution >= 0.6 is 0 Å². The molecule has 4 N–H and O–H groups in total. The minimum absolute atomic E-state index is 0.0365. The molecule has 2 aliphatic rings. The molecular formula is C25H36N4O6. The number of nitrogens with two attached hydrogens (primary N) is 1. The number of likely N-dealkylation sites (tertiary alicyclic amines) is 2. The summed E-state index contributed by atoms with van der Waals surface area (Å²) in [4.78, 5) is 51.7. The zero-order chi connectivity index (χ0) is 25.2. The molecule has 3 amide bonds. The zero-order valence-corrected chi connectivity index (χ0v) is 20.1. The third-order valence-corrected chi connectivity index (χ3v) is 6.80. The Morgan fingerprint density at radius 3 is 2.46 bits per heavy atom. The van der Waals surface area contributed by atoms with E-state index in [-0.39, 0.29) is 37.0 Å². The maximum Gasteiger partial charge on any atom is 0.410 e. The summed E-state index contributed by atoms with van der Waals surface area (Å²) in [5, 5.41) is 11.4. The van der Waals surface area contributed by atoms with Crippen LogP contribution in [0, 0.1) is 11.8 Å². The van der Waals surface area contributed by atoms with Crippen molar-refractivity contribution in [3.63, 3.8) is 0 Å². The number of hydrogen-bond donors (Lipinski definition) is 3. The lowest BCUT2D eigenvalue weighted by Gasteiger charge is -2.34. The number of carboxylic acids is 1. The van der Waals surface area contributed by atoms with E-state index in [0.29, 0.717) is 44.9 Å². The van der Waals surface area contributed by atoms with Gasteiger partial charge in [0.15, 0.2) is 0 Å². The summed E-state index contributed by atoms with van der Waals surface area (Å²) in [7, 11) is 0. The monoisotopic (exact) mass is 488 g/mol. The van der Waals surface area contributed by atoms with Gasteiger partial charge < -0.3 is 30.7 Å². The molecule has 3 rings (SSSR count). The van der Waals surface area contributed by atoms with Gasteiger partial charge in [0.1, 0.15) is 12.6 Å². The van der Waals surface area contributed by atoms with Crippen molar-refractivity contribution in [2.24, 2.45) is 17.6 Å². The Morgan fingerprint density at radius 2 is 1.77 bits per heavy atom. The maximum absolute atomic E-state index is 12.8. The van der Waals surface area contributed by atoms with Crippen LogP contribution in [0.25, 0.3) is 0 Å². The third kappa shape index (κ3) is 8.24. The molecule has 2 atom stereocenters. The Hall–Kier alpha value is -3.14. The van der Waals surface area contributed by atoms with E-state index in [1.54, 1.807) is 9.80 Å². The highest BCUT2D eigenvalue weighted by atomic mass is 16.6. The van der Waals surface area contributed by atoms with E-state index in [0.717, 1.165) is 31.2 Å². The molecular weight excluding hydrogens is 452 g/mol. The molecule has 0 radical (unpaired) electrons. The van der Waals surface area contributed by atoms with E-state index in [1.807, 2.05) is 30.3 Å². The van der Waals surface area contributed by atoms with Crippen LogP contribution in [-0.2, 0) is 25.7 Å². The first-order valence-corrected chi connectivity index (χ1v) is 12.3. The molecule has 10 heteroatoms. The highest BCUT2D eigenvalue weighted by molar-refractivity contribution is 5.82. The second kappa shape index (κ2) is 13.1. The van der Waals surface area contributed by atoms with E-state index in [2.05, 4.69) is 5.32 Å². The smallest absolute Gasteiger partial charge is 0.410 e. The van der Waals surface area contributed by atoms with Gasteiger partial charge in [-0.2, -0.15) is 0 Å². The highest BCUT2D eigenvalue weighted by Gasteiger charge is 2.30. The van der Waals surface area contributed by atoms with Crippen LogP contribution in [0.15, 0.2) is 30.3 Å². The SMILES string of the molecule is NC(CNC(=O)[C@@H]1CCCN(C(=O)CCC2CCN(C(=O)OCc3ccccc3)CC2)C1)C(=O)O. The minimum Gasteiger partial charge on any atom is -0.480 e. The van der Waals surface area contributed by atoms with Crippen LogP contribution in [0.2, 0.25) is 0 Å². The molecule has 0 aliphatic carbocycles. The molecule has 1 aromatic rings. The summed E-state index contributed by atoms with van der Waals surface area (Å²) in [5.74, 6) is -1.36. The molecule has 0 spiro atoms. The molecule has 0 aromatic heterocycles. The summed E-state index contributed by atoms with van der Waals surface area (Å²) >= 11 is 0. The molecule has 2 heterocycles. The number of amides is 3. The van der Waals surface area contributed by atoms with Crippen molar-refractivity contribution in [3.05, 3.63) is 35.9 Å². The molecule has 10 nitrogen and oxygen atoms in total. The van der Waals surface area contributed by atoms with E-state index in [4.69, 9.17) is 15.6 Å². The average molecular weight is 489 g/mol. The van der Waals surface area contributed by atoms with E-state index >= 15 is 0 Å². The highest BCUT2D eigenvalue weighted by Crippen LogP contribution is 2.24. The molecule has 2 aliphatic heterocycles. The van der Waals surface area contributed by atoms with E-state index < -0.39 is 12.0 Å². The van der Waals surface area contributed by atoms with E-state index in [1.165, 1.54) is 0 Å². The normalized spacial score (nSPS) is 19.6. The van der Waals surface area contributed by atoms with Crippen LogP contribution in [0.4, 0.5) is 4.79 Å². The number of piperidine rings is 2. The molecule has 2 saturated heterocycles. The summed E-state index contributed by atoms with van der Waals surface area (Å²) in [6, 6.07) is 8.44. The zero-order valence-electron chi connectivity index (χ0n) is 20.1. The van der Waals surface area contributed by atoms with Crippen LogP contribution in [0.5, 0.6) is 0 Å². The van der Waals surface area contributed by atoms with Crippen molar-refractivity contribution in [1.82, 2.24) is 15.1 Å². The molecule has 0 bridgehead atoms. The number of ether oxygens (including phenoxy) is 1. The molecule has 192 valence electrons. The van der Waals surface area contributed by atoms with Gasteiger partial charge in [0.2, 0.25) is 11.8 Å². The largest absolute Gasteiger partial charge is 0.480 e. The lowest BCUT2D eigenvalue weighted by molar-refractivity contribution is -0.138. The number of hydrogen-bond acceptors (Lipinski definition) is 6. The van der Waals surface area contributed by atoms with Gasteiger partial charge in [-0.05, 0) is 43.6 Å². The first-order chi connectivity index (χ1) is 16.8. The Kier molecular flexibility index (Phi) is 9.89. The van der Waals surface area contributed by atoms with Gasteiger partial charge in [-0.25, -0.2) is 4.79 Å². The fourth-order valence-corrected chi connectivity index (χ4v) is 4.56. The van der Waals surface area contributed by atoms with Crippen molar-refractivity contribution in [3.8, 4) is 0 Å². The number of carbonyl (C=O) groups excluding carboxylic acids is 3. The standard InChI is InChI=1S/C25H36N4O6/c26-21(24(32)33)15-27-23(31)20-7-4-12-29(16-20)22(30)9-8-18-10-13-28(14-11-18)25(34)35-17-19-5-2-1-3-6-19/h1-3,5-6,18,20-21H,4,7-17,26H2,(H,27,31)(H,32,33)/t20-,21?/m1/s1. The summed E-state index contributed by atoms with van der Waals surface area (Å²) in [6.45, 7) is 2.35. The number of rotatable bonds is 9. The Labute approximate surface area is 205 Å². The fourth-order valence-electron chi connectivity index (χ4n) is 4.56. The average Bonchev–Trinajstić information content (AvgIpc) is 2.89. The van der Waals surface area contributed by atoms with Gasteiger partial charge in [-0.1, -0.05) is 30.3 Å². The molecule has 1 unspecified atom stereocenters. The van der Waals surface area contributed by atoms with Gasteiger partial charge in [-0.3, -0.25) is 14.4 Å². The summed E-state index contributed by atoms with van der Waals surface area (Å²) < 4.78 is 5.41. The van der Waals surface area contributed by atoms with Gasteiger partial charge >= 0.3 is 12.1 Å². The van der Waals surface area contributed by atoms with Gasteiger partial charge in [-0.15, -0.1) is 0 Å². The molecule has 35 heavy (non-hydrogen) atoms. The van der Waals surface area contributed by atoms with Gasteiger partial charge in [0.25, 0.3) is 0 Å². The number of carbonyl (C=O) groups is 4. The first-order valence-electron chi connectivity index (χ1n) is 12.3.